The first-order chi connectivity index (χ1) is 13.5. The molecule has 1 aromatic carbocycles. The van der Waals surface area contributed by atoms with E-state index in [4.69, 9.17) is 14.9 Å². The smallest absolute Gasteiger partial charge is 0.296 e. The maximum Gasteiger partial charge on any atom is 0.296 e. The quantitative estimate of drug-likeness (QED) is 0.359. The van der Waals surface area contributed by atoms with Crippen molar-refractivity contribution in [3.05, 3.63) is 59.9 Å². The second kappa shape index (κ2) is 8.06. The van der Waals surface area contributed by atoms with Gasteiger partial charge in [0, 0.05) is 12.1 Å². The lowest BCUT2D eigenvalue weighted by Gasteiger charge is -2.28. The van der Waals surface area contributed by atoms with Crippen LogP contribution in [0.25, 0.3) is 0 Å². The van der Waals surface area contributed by atoms with Crippen molar-refractivity contribution in [2.24, 2.45) is 0 Å². The SMILES string of the molecule is COc1cc([C@H]2C(=C=N)C(=O)NC(=O)[C@@H]2[n+]2ccccc2)ccc1OC(C)C. The number of ether oxygens (including phenoxy) is 2. The van der Waals surface area contributed by atoms with Crippen LogP contribution in [0, 0.1) is 5.41 Å². The molecule has 0 unspecified atom stereocenters. The van der Waals surface area contributed by atoms with E-state index >= 15 is 0 Å². The minimum Gasteiger partial charge on any atom is -0.493 e. The van der Waals surface area contributed by atoms with Gasteiger partial charge in [-0.25, -0.2) is 0 Å². The number of rotatable bonds is 5. The number of hydrogen-bond donors (Lipinski definition) is 2. The van der Waals surface area contributed by atoms with Gasteiger partial charge in [-0.3, -0.25) is 20.3 Å². The van der Waals surface area contributed by atoms with Gasteiger partial charge >= 0.3 is 0 Å². The van der Waals surface area contributed by atoms with Crippen LogP contribution in [-0.2, 0) is 9.59 Å². The van der Waals surface area contributed by atoms with Gasteiger partial charge in [-0.05, 0) is 37.4 Å². The molecule has 2 aromatic rings. The van der Waals surface area contributed by atoms with E-state index in [1.807, 2.05) is 19.9 Å². The fourth-order valence-electron chi connectivity index (χ4n) is 3.32. The Bertz CT molecular complexity index is 949. The topological polar surface area (TPSA) is 92.4 Å². The van der Waals surface area contributed by atoms with Crippen molar-refractivity contribution in [1.29, 1.82) is 5.41 Å². The maximum atomic E-state index is 12.7. The number of methoxy groups -OCH3 is 1. The molecule has 144 valence electrons. The van der Waals surface area contributed by atoms with E-state index in [1.54, 1.807) is 47.3 Å². The number of pyridine rings is 1. The summed E-state index contributed by atoms with van der Waals surface area (Å²) in [6.45, 7) is 3.82. The van der Waals surface area contributed by atoms with Gasteiger partial charge in [0.25, 0.3) is 11.8 Å². The molecule has 7 nitrogen and oxygen atoms in total. The van der Waals surface area contributed by atoms with Crippen molar-refractivity contribution in [3.8, 4) is 11.5 Å². The van der Waals surface area contributed by atoms with Crippen LogP contribution in [-0.4, -0.2) is 30.9 Å². The molecule has 2 atom stereocenters. The molecule has 3 rings (SSSR count). The molecular weight excluding hydrogens is 358 g/mol. The van der Waals surface area contributed by atoms with Crippen LogP contribution in [0.4, 0.5) is 0 Å². The highest BCUT2D eigenvalue weighted by atomic mass is 16.5. The number of carbonyl (C=O) groups is 2. The molecule has 0 bridgehead atoms. The van der Waals surface area contributed by atoms with Crippen molar-refractivity contribution < 1.29 is 23.6 Å². The van der Waals surface area contributed by atoms with E-state index in [2.05, 4.69) is 11.2 Å². The maximum absolute atomic E-state index is 12.7. The van der Waals surface area contributed by atoms with E-state index in [9.17, 15) is 9.59 Å². The first-order valence-corrected chi connectivity index (χ1v) is 8.91. The van der Waals surface area contributed by atoms with E-state index in [1.165, 1.54) is 7.11 Å². The highest BCUT2D eigenvalue weighted by Gasteiger charge is 2.47. The molecule has 0 aliphatic carbocycles. The summed E-state index contributed by atoms with van der Waals surface area (Å²) >= 11 is 0. The minimum atomic E-state index is -0.742. The number of piperidine rings is 1. The Labute approximate surface area is 163 Å². The Balaban J connectivity index is 2.14. The van der Waals surface area contributed by atoms with Crippen molar-refractivity contribution in [1.82, 2.24) is 5.32 Å². The second-order valence-corrected chi connectivity index (χ2v) is 6.68. The third-order valence-electron chi connectivity index (χ3n) is 4.48. The monoisotopic (exact) mass is 380 g/mol. The van der Waals surface area contributed by atoms with Crippen LogP contribution in [0.5, 0.6) is 11.5 Å². The lowest BCUT2D eigenvalue weighted by Crippen LogP contribution is -2.57. The Hall–Kier alpha value is -3.44. The molecule has 0 saturated carbocycles. The van der Waals surface area contributed by atoms with Crippen LogP contribution in [0.2, 0.25) is 0 Å². The van der Waals surface area contributed by atoms with E-state index < -0.39 is 23.8 Å². The average Bonchev–Trinajstić information content (AvgIpc) is 2.68. The molecule has 0 spiro atoms. The number of hydrogen-bond acceptors (Lipinski definition) is 5. The molecular formula is C21H22N3O4+. The summed E-state index contributed by atoms with van der Waals surface area (Å²) in [6, 6.07) is 9.97. The third kappa shape index (κ3) is 3.66. The molecule has 1 aliphatic rings. The molecule has 0 radical (unpaired) electrons. The predicted octanol–water partition coefficient (Wildman–Crippen LogP) is 1.93. The highest BCUT2D eigenvalue weighted by Crippen LogP contribution is 2.39. The van der Waals surface area contributed by atoms with Gasteiger partial charge in [0.1, 0.15) is 0 Å². The van der Waals surface area contributed by atoms with Crippen LogP contribution in [0.3, 0.4) is 0 Å². The molecule has 28 heavy (non-hydrogen) atoms. The Morgan fingerprint density at radius 3 is 2.46 bits per heavy atom. The van der Waals surface area contributed by atoms with Gasteiger partial charge in [-0.2, -0.15) is 4.57 Å². The summed E-state index contributed by atoms with van der Waals surface area (Å²) in [5, 5.41) is 9.95. The van der Waals surface area contributed by atoms with Gasteiger partial charge < -0.3 is 9.47 Å². The number of amides is 2. The molecule has 1 fully saturated rings. The molecule has 1 saturated heterocycles. The molecule has 1 aliphatic heterocycles. The van der Waals surface area contributed by atoms with Crippen molar-refractivity contribution >= 4 is 17.7 Å². The zero-order valence-corrected chi connectivity index (χ0v) is 15.9. The standard InChI is InChI=1S/C21H21N3O4/c1-13(2)28-16-8-7-14(11-17(16)27-3)18-15(12-22)20(25)23-21(26)19(18)24-9-5-4-6-10-24/h4-11,13,18-19,22H,1-3H3/p+1/t18-,19+/m0/s1. The van der Waals surface area contributed by atoms with Gasteiger partial charge in [-0.15, -0.1) is 0 Å². The Morgan fingerprint density at radius 1 is 1.14 bits per heavy atom. The summed E-state index contributed by atoms with van der Waals surface area (Å²) in [4.78, 5) is 25.1. The molecule has 7 heteroatoms. The zero-order valence-electron chi connectivity index (χ0n) is 15.9. The summed E-state index contributed by atoms with van der Waals surface area (Å²) in [6.07, 6.45) is 3.47. The number of imide groups is 1. The Kier molecular flexibility index (Phi) is 5.57. The molecule has 1 aromatic heterocycles. The van der Waals surface area contributed by atoms with Crippen molar-refractivity contribution in [2.75, 3.05) is 7.11 Å². The summed E-state index contributed by atoms with van der Waals surface area (Å²) < 4.78 is 12.9. The first kappa shape index (κ1) is 19.3. The van der Waals surface area contributed by atoms with Crippen LogP contribution < -0.4 is 19.4 Å². The number of nitrogens with one attached hydrogen (secondary N) is 2. The third-order valence-corrected chi connectivity index (χ3v) is 4.48. The van der Waals surface area contributed by atoms with Crippen LogP contribution in [0.1, 0.15) is 31.4 Å². The normalized spacial score (nSPS) is 19.2. The Morgan fingerprint density at radius 2 is 1.86 bits per heavy atom. The second-order valence-electron chi connectivity index (χ2n) is 6.68. The number of nitrogens with zero attached hydrogens (tertiary/aromatic N) is 1. The fourth-order valence-corrected chi connectivity index (χ4v) is 3.32. The predicted molar refractivity (Wildman–Crippen MR) is 102 cm³/mol. The number of benzene rings is 1. The lowest BCUT2D eigenvalue weighted by atomic mass is 9.81. The van der Waals surface area contributed by atoms with Crippen LogP contribution >= 0.6 is 0 Å². The van der Waals surface area contributed by atoms with Crippen molar-refractivity contribution in [3.63, 3.8) is 0 Å². The van der Waals surface area contributed by atoms with Crippen molar-refractivity contribution in [2.45, 2.75) is 31.9 Å². The highest BCUT2D eigenvalue weighted by molar-refractivity contribution is 6.13. The van der Waals surface area contributed by atoms with Gasteiger partial charge in [-0.1, -0.05) is 12.1 Å². The first-order valence-electron chi connectivity index (χ1n) is 8.91. The van der Waals surface area contributed by atoms with Gasteiger partial charge in [0.2, 0.25) is 6.04 Å². The van der Waals surface area contributed by atoms with Gasteiger partial charge in [0.05, 0.1) is 24.7 Å². The summed E-state index contributed by atoms with van der Waals surface area (Å²) in [5.41, 5.74) is 0.743. The largest absolute Gasteiger partial charge is 0.493 e. The van der Waals surface area contributed by atoms with E-state index in [0.717, 1.165) is 0 Å². The molecule has 2 heterocycles. The van der Waals surface area contributed by atoms with Gasteiger partial charge in [0.15, 0.2) is 23.9 Å². The zero-order chi connectivity index (χ0) is 20.3. The van der Waals surface area contributed by atoms with E-state index in [-0.39, 0.29) is 11.7 Å². The number of carbonyl (C=O) groups excluding carboxylic acids is 2. The van der Waals surface area contributed by atoms with Crippen LogP contribution in [0.15, 0.2) is 54.4 Å². The lowest BCUT2D eigenvalue weighted by molar-refractivity contribution is -0.711. The van der Waals surface area contributed by atoms with E-state index in [0.29, 0.717) is 17.1 Å². The summed E-state index contributed by atoms with van der Waals surface area (Å²) in [5.74, 6) is 1.55. The number of aromatic nitrogens is 1. The minimum absolute atomic E-state index is 0.0357. The summed E-state index contributed by atoms with van der Waals surface area (Å²) in [7, 11) is 1.53. The molecule has 2 N–H and O–H groups in total. The fraction of sp³-hybridized carbons (Fsp3) is 0.286. The molecule has 2 amide bonds. The average molecular weight is 380 g/mol.